The molecule has 0 aliphatic rings. The summed E-state index contributed by atoms with van der Waals surface area (Å²) in [4.78, 5) is 35.0. The van der Waals surface area contributed by atoms with E-state index in [-0.39, 0.29) is 32.8 Å². The molecule has 0 heterocycles. The van der Waals surface area contributed by atoms with Gasteiger partial charge in [-0.3, -0.25) is 14.4 Å². The molecule has 0 aliphatic carbocycles. The van der Waals surface area contributed by atoms with E-state index >= 15 is 0 Å². The second-order valence-corrected chi connectivity index (χ2v) is 5.75. The van der Waals surface area contributed by atoms with Gasteiger partial charge in [-0.15, -0.1) is 0 Å². The summed E-state index contributed by atoms with van der Waals surface area (Å²) in [6.45, 7) is 2.43. The number of halogens is 2. The molecule has 25 heavy (non-hydrogen) atoms. The van der Waals surface area contributed by atoms with Crippen molar-refractivity contribution in [1.29, 1.82) is 0 Å². The SMILES string of the molecule is CC(=O)Oc1ccccc1C(=O)Nc1cc(Cl)cc(Cl)c1OC(C)=O. The zero-order chi connectivity index (χ0) is 18.6. The predicted octanol–water partition coefficient (Wildman–Crippen LogP) is 4.10. The second kappa shape index (κ2) is 8.00. The van der Waals surface area contributed by atoms with Crippen LogP contribution in [0.15, 0.2) is 36.4 Å². The van der Waals surface area contributed by atoms with Crippen molar-refractivity contribution in [2.45, 2.75) is 13.8 Å². The third-order valence-electron chi connectivity index (χ3n) is 2.89. The number of anilines is 1. The number of para-hydroxylation sites is 1. The van der Waals surface area contributed by atoms with Crippen LogP contribution in [0.5, 0.6) is 11.5 Å². The van der Waals surface area contributed by atoms with Crippen molar-refractivity contribution in [2.24, 2.45) is 0 Å². The molecule has 0 spiro atoms. The Morgan fingerprint density at radius 2 is 1.60 bits per heavy atom. The number of amides is 1. The summed E-state index contributed by atoms with van der Waals surface area (Å²) in [5, 5.41) is 2.85. The molecule has 0 unspecified atom stereocenters. The Labute approximate surface area is 153 Å². The topological polar surface area (TPSA) is 81.7 Å². The standard InChI is InChI=1S/C17H13Cl2NO5/c1-9(21)24-15-6-4-3-5-12(15)17(23)20-14-8-11(18)7-13(19)16(14)25-10(2)22/h3-8H,1-2H3,(H,20,23). The van der Waals surface area contributed by atoms with Gasteiger partial charge in [-0.1, -0.05) is 35.3 Å². The minimum Gasteiger partial charge on any atom is -0.426 e. The lowest BCUT2D eigenvalue weighted by Gasteiger charge is -2.14. The van der Waals surface area contributed by atoms with Gasteiger partial charge in [-0.2, -0.15) is 0 Å². The average Bonchev–Trinajstić information content (AvgIpc) is 2.50. The maximum Gasteiger partial charge on any atom is 0.308 e. The summed E-state index contributed by atoms with van der Waals surface area (Å²) in [6.07, 6.45) is 0. The van der Waals surface area contributed by atoms with Crippen molar-refractivity contribution >= 4 is 46.7 Å². The zero-order valence-electron chi connectivity index (χ0n) is 13.3. The molecule has 1 amide bonds. The first-order valence-electron chi connectivity index (χ1n) is 7.04. The maximum absolute atomic E-state index is 12.5. The van der Waals surface area contributed by atoms with Gasteiger partial charge in [0.1, 0.15) is 5.75 Å². The summed E-state index contributed by atoms with van der Waals surface area (Å²) in [6, 6.07) is 8.96. The van der Waals surface area contributed by atoms with Gasteiger partial charge in [0.05, 0.1) is 16.3 Å². The zero-order valence-corrected chi connectivity index (χ0v) is 14.8. The summed E-state index contributed by atoms with van der Waals surface area (Å²) in [5.74, 6) is -1.71. The Bertz CT molecular complexity index is 851. The van der Waals surface area contributed by atoms with Gasteiger partial charge < -0.3 is 14.8 Å². The van der Waals surface area contributed by atoms with Crippen molar-refractivity contribution in [3.63, 3.8) is 0 Å². The average molecular weight is 382 g/mol. The molecule has 2 rings (SSSR count). The predicted molar refractivity (Wildman–Crippen MR) is 93.5 cm³/mol. The van der Waals surface area contributed by atoms with Crippen molar-refractivity contribution in [3.05, 3.63) is 52.0 Å². The highest BCUT2D eigenvalue weighted by Crippen LogP contribution is 2.37. The molecule has 0 aromatic heterocycles. The van der Waals surface area contributed by atoms with Gasteiger partial charge in [0.15, 0.2) is 5.75 Å². The Hall–Kier alpha value is -2.57. The van der Waals surface area contributed by atoms with Gasteiger partial charge in [0.25, 0.3) is 5.91 Å². The highest BCUT2D eigenvalue weighted by atomic mass is 35.5. The molecule has 0 saturated carbocycles. The summed E-state index contributed by atoms with van der Waals surface area (Å²) in [5.41, 5.74) is 0.220. The van der Waals surface area contributed by atoms with Crippen molar-refractivity contribution in [2.75, 3.05) is 5.32 Å². The van der Waals surface area contributed by atoms with Gasteiger partial charge in [-0.25, -0.2) is 0 Å². The van der Waals surface area contributed by atoms with Gasteiger partial charge >= 0.3 is 11.9 Å². The molecule has 8 heteroatoms. The Kier molecular flexibility index (Phi) is 6.01. The lowest BCUT2D eigenvalue weighted by Crippen LogP contribution is -2.16. The van der Waals surface area contributed by atoms with Crippen LogP contribution >= 0.6 is 23.2 Å². The van der Waals surface area contributed by atoms with E-state index in [4.69, 9.17) is 32.7 Å². The molecule has 1 N–H and O–H groups in total. The van der Waals surface area contributed by atoms with Gasteiger partial charge in [-0.05, 0) is 24.3 Å². The number of hydrogen-bond donors (Lipinski definition) is 1. The molecule has 0 bridgehead atoms. The number of ether oxygens (including phenoxy) is 2. The molecule has 0 radical (unpaired) electrons. The Morgan fingerprint density at radius 1 is 0.960 bits per heavy atom. The molecular formula is C17H13Cl2NO5. The van der Waals surface area contributed by atoms with Crippen LogP contribution in [-0.4, -0.2) is 17.8 Å². The first-order chi connectivity index (χ1) is 11.8. The number of benzene rings is 2. The lowest BCUT2D eigenvalue weighted by molar-refractivity contribution is -0.132. The Balaban J connectivity index is 2.38. The molecular weight excluding hydrogens is 369 g/mol. The first kappa shape index (κ1) is 18.8. The number of rotatable bonds is 4. The molecule has 0 aliphatic heterocycles. The fourth-order valence-electron chi connectivity index (χ4n) is 1.99. The number of esters is 2. The van der Waals surface area contributed by atoms with Crippen LogP contribution in [-0.2, 0) is 9.59 Å². The first-order valence-corrected chi connectivity index (χ1v) is 7.79. The third-order valence-corrected chi connectivity index (χ3v) is 3.39. The number of hydrogen-bond acceptors (Lipinski definition) is 5. The van der Waals surface area contributed by atoms with E-state index in [0.29, 0.717) is 0 Å². The highest BCUT2D eigenvalue weighted by molar-refractivity contribution is 6.36. The Morgan fingerprint density at radius 3 is 2.24 bits per heavy atom. The molecule has 0 atom stereocenters. The molecule has 0 fully saturated rings. The van der Waals surface area contributed by atoms with E-state index in [0.717, 1.165) is 0 Å². The number of carbonyl (C=O) groups is 3. The molecule has 130 valence electrons. The van der Waals surface area contributed by atoms with Crippen LogP contribution in [0, 0.1) is 0 Å². The van der Waals surface area contributed by atoms with Gasteiger partial charge in [0, 0.05) is 18.9 Å². The van der Waals surface area contributed by atoms with Crippen LogP contribution in [0.3, 0.4) is 0 Å². The van der Waals surface area contributed by atoms with Gasteiger partial charge in [0.2, 0.25) is 0 Å². The molecule has 6 nitrogen and oxygen atoms in total. The summed E-state index contributed by atoms with van der Waals surface area (Å²) in [7, 11) is 0. The monoisotopic (exact) mass is 381 g/mol. The third kappa shape index (κ3) is 4.95. The minimum absolute atomic E-state index is 0.0307. The quantitative estimate of drug-likeness (QED) is 0.636. The summed E-state index contributed by atoms with van der Waals surface area (Å²) >= 11 is 12.0. The number of carbonyl (C=O) groups excluding carboxylic acids is 3. The molecule has 2 aromatic carbocycles. The second-order valence-electron chi connectivity index (χ2n) is 4.90. The normalized spacial score (nSPS) is 10.1. The van der Waals surface area contributed by atoms with Crippen LogP contribution in [0.2, 0.25) is 10.0 Å². The van der Waals surface area contributed by atoms with Crippen molar-refractivity contribution < 1.29 is 23.9 Å². The highest BCUT2D eigenvalue weighted by Gasteiger charge is 2.19. The van der Waals surface area contributed by atoms with Crippen LogP contribution < -0.4 is 14.8 Å². The molecule has 2 aromatic rings. The van der Waals surface area contributed by atoms with Crippen LogP contribution in [0.4, 0.5) is 5.69 Å². The van der Waals surface area contributed by atoms with Crippen LogP contribution in [0.25, 0.3) is 0 Å². The van der Waals surface area contributed by atoms with E-state index in [1.165, 1.54) is 38.1 Å². The minimum atomic E-state index is -0.611. The maximum atomic E-state index is 12.5. The van der Waals surface area contributed by atoms with E-state index in [1.54, 1.807) is 12.1 Å². The lowest BCUT2D eigenvalue weighted by atomic mass is 10.1. The van der Waals surface area contributed by atoms with Crippen molar-refractivity contribution in [1.82, 2.24) is 0 Å². The largest absolute Gasteiger partial charge is 0.426 e. The summed E-state index contributed by atoms with van der Waals surface area (Å²) < 4.78 is 10.0. The van der Waals surface area contributed by atoms with E-state index in [9.17, 15) is 14.4 Å². The fraction of sp³-hybridized carbons (Fsp3) is 0.118. The van der Waals surface area contributed by atoms with E-state index in [1.807, 2.05) is 0 Å². The molecule has 0 saturated heterocycles. The number of nitrogens with one attached hydrogen (secondary N) is 1. The van der Waals surface area contributed by atoms with E-state index in [2.05, 4.69) is 5.32 Å². The van der Waals surface area contributed by atoms with Crippen molar-refractivity contribution in [3.8, 4) is 11.5 Å². The smallest absolute Gasteiger partial charge is 0.308 e. The van der Waals surface area contributed by atoms with Crippen LogP contribution in [0.1, 0.15) is 24.2 Å². The fourth-order valence-corrected chi connectivity index (χ4v) is 2.52. The van der Waals surface area contributed by atoms with E-state index < -0.39 is 17.8 Å².